The highest BCUT2D eigenvalue weighted by molar-refractivity contribution is 5.16. The zero-order chi connectivity index (χ0) is 10.8. The van der Waals surface area contributed by atoms with Crippen molar-refractivity contribution in [2.24, 2.45) is 0 Å². The van der Waals surface area contributed by atoms with Crippen molar-refractivity contribution in [3.63, 3.8) is 0 Å². The molecular weight excluding hydrogens is 197 g/mol. The fourth-order valence-corrected chi connectivity index (χ4v) is 0.844. The summed E-state index contributed by atoms with van der Waals surface area (Å²) in [7, 11) is 0. The third kappa shape index (κ3) is 3.20. The minimum atomic E-state index is -4.71. The smallest absolute Gasteiger partial charge is 0.388 e. The van der Waals surface area contributed by atoms with Crippen molar-refractivity contribution in [2.45, 2.75) is 26.1 Å². The highest BCUT2D eigenvalue weighted by Crippen LogP contribution is 2.22. The first-order chi connectivity index (χ1) is 6.38. The lowest BCUT2D eigenvalue weighted by Crippen LogP contribution is -2.18. The van der Waals surface area contributed by atoms with E-state index in [2.05, 4.69) is 14.7 Å². The summed E-state index contributed by atoms with van der Waals surface area (Å²) in [5.41, 5.74) is 0.513. The molecule has 78 valence electrons. The molecule has 0 bridgehead atoms. The van der Waals surface area contributed by atoms with Gasteiger partial charge in [0.15, 0.2) is 0 Å². The molecular formula is C8H9F3N2O. The summed E-state index contributed by atoms with van der Waals surface area (Å²) >= 11 is 0. The van der Waals surface area contributed by atoms with Gasteiger partial charge in [0.1, 0.15) is 6.33 Å². The van der Waals surface area contributed by atoms with Gasteiger partial charge in [-0.15, -0.1) is 13.2 Å². The molecule has 0 saturated carbocycles. The zero-order valence-corrected chi connectivity index (χ0v) is 7.67. The van der Waals surface area contributed by atoms with Crippen LogP contribution in [0.5, 0.6) is 5.88 Å². The van der Waals surface area contributed by atoms with Gasteiger partial charge in [-0.3, -0.25) is 0 Å². The quantitative estimate of drug-likeness (QED) is 0.745. The first kappa shape index (κ1) is 10.7. The van der Waals surface area contributed by atoms with Crippen molar-refractivity contribution >= 4 is 0 Å². The fraction of sp³-hybridized carbons (Fsp3) is 0.500. The Labute approximate surface area is 78.9 Å². The van der Waals surface area contributed by atoms with Crippen LogP contribution in [0.3, 0.4) is 0 Å². The topological polar surface area (TPSA) is 35.0 Å². The molecule has 0 N–H and O–H groups in total. The summed E-state index contributed by atoms with van der Waals surface area (Å²) in [6.45, 7) is 3.64. The summed E-state index contributed by atoms with van der Waals surface area (Å²) < 4.78 is 39.0. The van der Waals surface area contributed by atoms with Crippen molar-refractivity contribution in [1.82, 2.24) is 9.97 Å². The molecule has 0 unspecified atom stereocenters. The maximum absolute atomic E-state index is 11.8. The largest absolute Gasteiger partial charge is 0.574 e. The number of alkyl halides is 3. The molecule has 0 amide bonds. The lowest BCUT2D eigenvalue weighted by molar-refractivity contribution is -0.276. The molecule has 14 heavy (non-hydrogen) atoms. The third-order valence-electron chi connectivity index (χ3n) is 1.47. The molecule has 1 aromatic rings. The van der Waals surface area contributed by atoms with Crippen LogP contribution in [0.15, 0.2) is 12.4 Å². The van der Waals surface area contributed by atoms with Gasteiger partial charge in [-0.2, -0.15) is 0 Å². The van der Waals surface area contributed by atoms with Crippen LogP contribution in [0.1, 0.15) is 25.5 Å². The summed E-state index contributed by atoms with van der Waals surface area (Å²) in [6.07, 6.45) is -3.65. The normalized spacial score (nSPS) is 11.9. The van der Waals surface area contributed by atoms with E-state index in [1.807, 2.05) is 13.8 Å². The maximum atomic E-state index is 11.8. The van der Waals surface area contributed by atoms with Gasteiger partial charge in [0, 0.05) is 6.07 Å². The Kier molecular flexibility index (Phi) is 2.93. The predicted octanol–water partition coefficient (Wildman–Crippen LogP) is 2.50. The van der Waals surface area contributed by atoms with Crippen molar-refractivity contribution < 1.29 is 17.9 Å². The molecule has 0 aliphatic rings. The minimum Gasteiger partial charge on any atom is -0.388 e. The number of ether oxygens (including phenoxy) is 1. The van der Waals surface area contributed by atoms with E-state index in [-0.39, 0.29) is 5.92 Å². The summed E-state index contributed by atoms with van der Waals surface area (Å²) in [6, 6.07) is 1.18. The average Bonchev–Trinajstić information content (AvgIpc) is 2.01. The SMILES string of the molecule is CC(C)c1cc(OC(F)(F)F)ncn1. The maximum Gasteiger partial charge on any atom is 0.574 e. The highest BCUT2D eigenvalue weighted by Gasteiger charge is 2.31. The van der Waals surface area contributed by atoms with Gasteiger partial charge >= 0.3 is 6.36 Å². The van der Waals surface area contributed by atoms with Crippen LogP contribution in [0.2, 0.25) is 0 Å². The van der Waals surface area contributed by atoms with Crippen LogP contribution in [0, 0.1) is 0 Å². The number of hydrogen-bond donors (Lipinski definition) is 0. The van der Waals surface area contributed by atoms with E-state index < -0.39 is 12.2 Å². The molecule has 0 aliphatic heterocycles. The Morgan fingerprint density at radius 3 is 2.43 bits per heavy atom. The van der Waals surface area contributed by atoms with Crippen LogP contribution in [0.4, 0.5) is 13.2 Å². The zero-order valence-electron chi connectivity index (χ0n) is 7.67. The fourth-order valence-electron chi connectivity index (χ4n) is 0.844. The van der Waals surface area contributed by atoms with Crippen molar-refractivity contribution in [1.29, 1.82) is 0 Å². The molecule has 0 atom stereocenters. The number of halogens is 3. The van der Waals surface area contributed by atoms with E-state index in [1.54, 1.807) is 0 Å². The number of hydrogen-bond acceptors (Lipinski definition) is 3. The summed E-state index contributed by atoms with van der Waals surface area (Å²) in [5.74, 6) is -0.440. The van der Waals surface area contributed by atoms with E-state index >= 15 is 0 Å². The van der Waals surface area contributed by atoms with E-state index in [0.717, 1.165) is 6.33 Å². The van der Waals surface area contributed by atoms with Crippen LogP contribution < -0.4 is 4.74 Å². The second-order valence-corrected chi connectivity index (χ2v) is 2.98. The highest BCUT2D eigenvalue weighted by atomic mass is 19.4. The van der Waals surface area contributed by atoms with Crippen LogP contribution in [-0.2, 0) is 0 Å². The Hall–Kier alpha value is -1.33. The minimum absolute atomic E-state index is 0.0357. The van der Waals surface area contributed by atoms with E-state index in [1.165, 1.54) is 6.07 Å². The van der Waals surface area contributed by atoms with E-state index in [0.29, 0.717) is 5.69 Å². The lowest BCUT2D eigenvalue weighted by atomic mass is 10.1. The second kappa shape index (κ2) is 3.81. The number of aromatic nitrogens is 2. The van der Waals surface area contributed by atoms with Gasteiger partial charge in [-0.25, -0.2) is 9.97 Å². The molecule has 1 aromatic heterocycles. The summed E-state index contributed by atoms with van der Waals surface area (Å²) in [5, 5.41) is 0. The first-order valence-corrected chi connectivity index (χ1v) is 3.96. The summed E-state index contributed by atoms with van der Waals surface area (Å²) in [4.78, 5) is 7.16. The number of nitrogens with zero attached hydrogens (tertiary/aromatic N) is 2. The molecule has 0 aromatic carbocycles. The first-order valence-electron chi connectivity index (χ1n) is 3.96. The molecule has 3 nitrogen and oxygen atoms in total. The van der Waals surface area contributed by atoms with E-state index in [4.69, 9.17) is 0 Å². The predicted molar refractivity (Wildman–Crippen MR) is 42.8 cm³/mol. The van der Waals surface area contributed by atoms with Crippen molar-refractivity contribution in [3.05, 3.63) is 18.1 Å². The van der Waals surface area contributed by atoms with Gasteiger partial charge in [0.25, 0.3) is 0 Å². The van der Waals surface area contributed by atoms with Crippen LogP contribution >= 0.6 is 0 Å². The van der Waals surface area contributed by atoms with Crippen LogP contribution in [-0.4, -0.2) is 16.3 Å². The second-order valence-electron chi connectivity index (χ2n) is 2.98. The number of rotatable bonds is 2. The lowest BCUT2D eigenvalue weighted by Gasteiger charge is -2.09. The average molecular weight is 206 g/mol. The molecule has 0 spiro atoms. The van der Waals surface area contributed by atoms with Crippen LogP contribution in [0.25, 0.3) is 0 Å². The van der Waals surface area contributed by atoms with Crippen molar-refractivity contribution in [3.8, 4) is 5.88 Å². The molecule has 1 heterocycles. The Balaban J connectivity index is 2.84. The molecule has 0 saturated heterocycles. The van der Waals surface area contributed by atoms with Gasteiger partial charge in [0.2, 0.25) is 5.88 Å². The Morgan fingerprint density at radius 2 is 1.93 bits per heavy atom. The van der Waals surface area contributed by atoms with Gasteiger partial charge in [0.05, 0.1) is 5.69 Å². The molecule has 0 aliphatic carbocycles. The van der Waals surface area contributed by atoms with Crippen molar-refractivity contribution in [2.75, 3.05) is 0 Å². The Morgan fingerprint density at radius 1 is 1.29 bits per heavy atom. The molecule has 1 rings (SSSR count). The third-order valence-corrected chi connectivity index (χ3v) is 1.47. The molecule has 6 heteroatoms. The molecule has 0 fully saturated rings. The van der Waals surface area contributed by atoms with Gasteiger partial charge in [-0.1, -0.05) is 13.8 Å². The van der Waals surface area contributed by atoms with E-state index in [9.17, 15) is 13.2 Å². The van der Waals surface area contributed by atoms with Gasteiger partial charge < -0.3 is 4.74 Å². The Bertz CT molecular complexity index is 312. The monoisotopic (exact) mass is 206 g/mol. The standard InChI is InChI=1S/C8H9F3N2O/c1-5(2)6-3-7(13-4-12-6)14-8(9,10)11/h3-5H,1-2H3. The molecule has 0 radical (unpaired) electrons. The van der Waals surface area contributed by atoms with Gasteiger partial charge in [-0.05, 0) is 5.92 Å².